The van der Waals surface area contributed by atoms with E-state index in [1.807, 2.05) is 0 Å². The van der Waals surface area contributed by atoms with E-state index >= 15 is 0 Å². The number of carbonyl (C=O) groups is 2. The second kappa shape index (κ2) is 6.99. The van der Waals surface area contributed by atoms with Crippen LogP contribution < -0.4 is 10.2 Å². The molecular weight excluding hydrogens is 320 g/mol. The molecule has 1 heterocycles. The summed E-state index contributed by atoms with van der Waals surface area (Å²) in [7, 11) is 2.87. The predicted octanol–water partition coefficient (Wildman–Crippen LogP) is 2.15. The van der Waals surface area contributed by atoms with Gasteiger partial charge in [0, 0.05) is 25.3 Å². The minimum absolute atomic E-state index is 0.226. The van der Waals surface area contributed by atoms with E-state index in [0.717, 1.165) is 4.68 Å². The molecule has 0 aliphatic rings. The zero-order valence-electron chi connectivity index (χ0n) is 13.0. The van der Waals surface area contributed by atoms with Crippen molar-refractivity contribution in [2.45, 2.75) is 6.43 Å². The molecule has 1 aromatic heterocycles. The summed E-state index contributed by atoms with van der Waals surface area (Å²) in [4.78, 5) is 25.0. The fraction of sp³-hybridized carbons (Fsp3) is 0.200. The highest BCUT2D eigenvalue weighted by Crippen LogP contribution is 2.24. The molecule has 0 fully saturated rings. The van der Waals surface area contributed by atoms with Crippen LogP contribution in [0.4, 0.5) is 20.3 Å². The third-order valence-electron chi connectivity index (χ3n) is 3.33. The molecule has 2 aromatic rings. The maximum absolute atomic E-state index is 12.9. The van der Waals surface area contributed by atoms with E-state index in [0.29, 0.717) is 5.69 Å². The number of rotatable bonds is 5. The van der Waals surface area contributed by atoms with Crippen LogP contribution in [-0.4, -0.2) is 33.9 Å². The van der Waals surface area contributed by atoms with Crippen LogP contribution in [-0.2, 0) is 11.8 Å². The first-order valence-electron chi connectivity index (χ1n) is 6.84. The molecule has 24 heavy (non-hydrogen) atoms. The van der Waals surface area contributed by atoms with E-state index < -0.39 is 18.0 Å². The van der Waals surface area contributed by atoms with Gasteiger partial charge in [0.25, 0.3) is 12.3 Å². The summed E-state index contributed by atoms with van der Waals surface area (Å²) in [5.41, 5.74) is 0.310. The molecule has 7 nitrogen and oxygen atoms in total. The summed E-state index contributed by atoms with van der Waals surface area (Å²) in [6.07, 6.45) is -1.65. The molecule has 0 aliphatic heterocycles. The predicted molar refractivity (Wildman–Crippen MR) is 84.0 cm³/mol. The molecular formula is C15H15F2N5O2. The first-order valence-corrected chi connectivity index (χ1v) is 6.84. The Morgan fingerprint density at radius 2 is 1.96 bits per heavy atom. The van der Waals surface area contributed by atoms with Gasteiger partial charge in [-0.25, -0.2) is 13.5 Å². The highest BCUT2D eigenvalue weighted by molar-refractivity contribution is 6.05. The maximum atomic E-state index is 12.9. The standard InChI is InChI=1S/C15H15F2N5O2/c1-4-11(23)21(2)10-7-5-9(6-8-10)15(24)18-14-12(13(16)17)22(3)20-19-14/h4-8,13H,1H2,2-3H3,(H,18,24). The largest absolute Gasteiger partial charge is 0.312 e. The fourth-order valence-corrected chi connectivity index (χ4v) is 1.98. The first-order chi connectivity index (χ1) is 11.3. The van der Waals surface area contributed by atoms with Gasteiger partial charge in [-0.2, -0.15) is 0 Å². The normalized spacial score (nSPS) is 10.5. The van der Waals surface area contributed by atoms with Gasteiger partial charge in [0.1, 0.15) is 5.69 Å². The van der Waals surface area contributed by atoms with Crippen LogP contribution in [0.15, 0.2) is 36.9 Å². The lowest BCUT2D eigenvalue weighted by Gasteiger charge is -2.15. The van der Waals surface area contributed by atoms with E-state index in [1.54, 1.807) is 19.2 Å². The summed E-state index contributed by atoms with van der Waals surface area (Å²) in [5.74, 6) is -1.20. The monoisotopic (exact) mass is 335 g/mol. The van der Waals surface area contributed by atoms with Gasteiger partial charge in [-0.1, -0.05) is 11.8 Å². The SMILES string of the molecule is C=CC(=O)N(C)c1ccc(C(=O)Nc2nnn(C)c2C(F)F)cc1. The average Bonchev–Trinajstić information content (AvgIpc) is 2.94. The number of benzene rings is 1. The number of carbonyl (C=O) groups excluding carboxylic acids is 2. The average molecular weight is 335 g/mol. The van der Waals surface area contributed by atoms with E-state index in [4.69, 9.17) is 0 Å². The van der Waals surface area contributed by atoms with Crippen molar-refractivity contribution in [2.24, 2.45) is 7.05 Å². The van der Waals surface area contributed by atoms with Gasteiger partial charge in [-0.15, -0.1) is 5.10 Å². The fourth-order valence-electron chi connectivity index (χ4n) is 1.98. The highest BCUT2D eigenvalue weighted by Gasteiger charge is 2.22. The third kappa shape index (κ3) is 3.45. The summed E-state index contributed by atoms with van der Waals surface area (Å²) in [6, 6.07) is 6.05. The summed E-state index contributed by atoms with van der Waals surface area (Å²) < 4.78 is 26.8. The molecule has 0 radical (unpaired) electrons. The van der Waals surface area contributed by atoms with Crippen LogP contribution >= 0.6 is 0 Å². The van der Waals surface area contributed by atoms with Crippen LogP contribution in [0.1, 0.15) is 22.5 Å². The second-order valence-corrected chi connectivity index (χ2v) is 4.85. The molecule has 0 saturated heterocycles. The van der Waals surface area contributed by atoms with E-state index in [1.165, 1.54) is 30.2 Å². The van der Waals surface area contributed by atoms with Crippen molar-refractivity contribution in [3.8, 4) is 0 Å². The molecule has 9 heteroatoms. The van der Waals surface area contributed by atoms with Gasteiger partial charge in [0.15, 0.2) is 5.82 Å². The number of nitrogens with one attached hydrogen (secondary N) is 1. The summed E-state index contributed by atoms with van der Waals surface area (Å²) in [5, 5.41) is 9.29. The number of halogens is 2. The summed E-state index contributed by atoms with van der Waals surface area (Å²) >= 11 is 0. The topological polar surface area (TPSA) is 80.1 Å². The number of aryl methyl sites for hydroxylation is 1. The zero-order valence-corrected chi connectivity index (χ0v) is 13.0. The van der Waals surface area contributed by atoms with Crippen molar-refractivity contribution < 1.29 is 18.4 Å². The van der Waals surface area contributed by atoms with Crippen molar-refractivity contribution in [2.75, 3.05) is 17.3 Å². The number of hydrogen-bond donors (Lipinski definition) is 1. The van der Waals surface area contributed by atoms with Gasteiger partial charge in [-0.05, 0) is 30.3 Å². The van der Waals surface area contributed by atoms with Crippen molar-refractivity contribution >= 4 is 23.3 Å². The quantitative estimate of drug-likeness (QED) is 0.849. The molecule has 0 bridgehead atoms. The van der Waals surface area contributed by atoms with Crippen molar-refractivity contribution in [3.05, 3.63) is 48.2 Å². The molecule has 0 unspecified atom stereocenters. The number of hydrogen-bond acceptors (Lipinski definition) is 4. The van der Waals surface area contributed by atoms with Crippen molar-refractivity contribution in [1.82, 2.24) is 15.0 Å². The molecule has 0 aliphatic carbocycles. The number of likely N-dealkylation sites (N-methyl/N-ethyl adjacent to an activating group) is 1. The Hall–Kier alpha value is -3.10. The molecule has 0 atom stereocenters. The molecule has 1 N–H and O–H groups in total. The Labute approximate surface area is 136 Å². The van der Waals surface area contributed by atoms with Gasteiger partial charge < -0.3 is 10.2 Å². The van der Waals surface area contributed by atoms with Gasteiger partial charge in [0.2, 0.25) is 5.91 Å². The van der Waals surface area contributed by atoms with Crippen LogP contribution in [0.3, 0.4) is 0 Å². The highest BCUT2D eigenvalue weighted by atomic mass is 19.3. The maximum Gasteiger partial charge on any atom is 0.283 e. The summed E-state index contributed by atoms with van der Waals surface area (Å²) in [6.45, 7) is 3.39. The van der Waals surface area contributed by atoms with Gasteiger partial charge in [-0.3, -0.25) is 9.59 Å². The lowest BCUT2D eigenvalue weighted by atomic mass is 10.2. The van der Waals surface area contributed by atoms with Crippen LogP contribution in [0, 0.1) is 0 Å². The molecule has 1 aromatic carbocycles. The molecule has 2 rings (SSSR count). The number of nitrogens with zero attached hydrogens (tertiary/aromatic N) is 4. The number of alkyl halides is 2. The second-order valence-electron chi connectivity index (χ2n) is 4.85. The van der Waals surface area contributed by atoms with Crippen LogP contribution in [0.25, 0.3) is 0 Å². The van der Waals surface area contributed by atoms with Crippen molar-refractivity contribution in [1.29, 1.82) is 0 Å². The molecule has 2 amide bonds. The van der Waals surface area contributed by atoms with Gasteiger partial charge >= 0.3 is 0 Å². The third-order valence-corrected chi connectivity index (χ3v) is 3.33. The number of anilines is 2. The van der Waals surface area contributed by atoms with Gasteiger partial charge in [0.05, 0.1) is 0 Å². The zero-order chi connectivity index (χ0) is 17.9. The number of amides is 2. The first kappa shape index (κ1) is 17.3. The van der Waals surface area contributed by atoms with E-state index in [9.17, 15) is 18.4 Å². The van der Waals surface area contributed by atoms with Crippen LogP contribution in [0.2, 0.25) is 0 Å². The lowest BCUT2D eigenvalue weighted by Crippen LogP contribution is -2.23. The number of aromatic nitrogens is 3. The Morgan fingerprint density at radius 3 is 2.50 bits per heavy atom. The lowest BCUT2D eigenvalue weighted by molar-refractivity contribution is -0.113. The van der Waals surface area contributed by atoms with E-state index in [2.05, 4.69) is 22.2 Å². The smallest absolute Gasteiger partial charge is 0.283 e. The van der Waals surface area contributed by atoms with Crippen LogP contribution in [0.5, 0.6) is 0 Å². The molecule has 0 saturated carbocycles. The Bertz CT molecular complexity index is 771. The minimum atomic E-state index is -2.82. The minimum Gasteiger partial charge on any atom is -0.312 e. The molecule has 0 spiro atoms. The van der Waals surface area contributed by atoms with E-state index in [-0.39, 0.29) is 17.3 Å². The molecule has 126 valence electrons. The Balaban J connectivity index is 2.17. The Morgan fingerprint density at radius 1 is 1.33 bits per heavy atom. The Kier molecular flexibility index (Phi) is 5.02. The van der Waals surface area contributed by atoms with Crippen molar-refractivity contribution in [3.63, 3.8) is 0 Å².